The number of benzene rings is 7. The van der Waals surface area contributed by atoms with Crippen molar-refractivity contribution in [2.75, 3.05) is 4.90 Å². The van der Waals surface area contributed by atoms with E-state index in [0.717, 1.165) is 61.5 Å². The molecule has 0 saturated heterocycles. The van der Waals surface area contributed by atoms with Crippen molar-refractivity contribution in [2.24, 2.45) is 0 Å². The number of rotatable bonds is 7. The molecule has 0 atom stereocenters. The average Bonchev–Trinajstić information content (AvgIpc) is 3.53. The third-order valence-electron chi connectivity index (χ3n) is 9.19. The Morgan fingerprint density at radius 1 is 0.400 bits per heavy atom. The first-order valence-corrected chi connectivity index (χ1v) is 16.8. The van der Waals surface area contributed by atoms with E-state index in [9.17, 15) is 0 Å². The van der Waals surface area contributed by atoms with Gasteiger partial charge in [0.2, 0.25) is 0 Å². The maximum absolute atomic E-state index is 5.31. The van der Waals surface area contributed by atoms with Crippen molar-refractivity contribution in [2.45, 2.75) is 0 Å². The van der Waals surface area contributed by atoms with Crippen molar-refractivity contribution in [1.29, 1.82) is 0 Å². The summed E-state index contributed by atoms with van der Waals surface area (Å²) in [6.07, 6.45) is 0. The normalized spacial score (nSPS) is 11.2. The van der Waals surface area contributed by atoms with Crippen LogP contribution in [0.5, 0.6) is 0 Å². The first-order chi connectivity index (χ1) is 24.8. The summed E-state index contributed by atoms with van der Waals surface area (Å²) in [5, 5.41) is 2.10. The molecule has 9 aromatic rings. The highest BCUT2D eigenvalue weighted by atomic mass is 15.1. The Labute approximate surface area is 291 Å². The minimum absolute atomic E-state index is 0.696. The van der Waals surface area contributed by atoms with E-state index in [0.29, 0.717) is 5.82 Å². The monoisotopic (exact) mass is 640 g/mol. The number of hydrogen-bond donors (Lipinski definition) is 0. The van der Waals surface area contributed by atoms with Gasteiger partial charge in [0.05, 0.1) is 16.6 Å². The lowest BCUT2D eigenvalue weighted by molar-refractivity contribution is 1.11. The summed E-state index contributed by atoms with van der Waals surface area (Å²) in [5.74, 6) is 0.696. The fourth-order valence-corrected chi connectivity index (χ4v) is 6.85. The minimum atomic E-state index is 0.696. The quantitative estimate of drug-likeness (QED) is 0.174. The zero-order valence-corrected chi connectivity index (χ0v) is 27.3. The Hall–Kier alpha value is -6.78. The molecule has 0 spiro atoms. The van der Waals surface area contributed by atoms with E-state index in [4.69, 9.17) is 9.97 Å². The van der Waals surface area contributed by atoms with E-state index in [1.165, 1.54) is 11.1 Å². The van der Waals surface area contributed by atoms with Gasteiger partial charge in [0, 0.05) is 39.3 Å². The molecule has 2 heterocycles. The summed E-state index contributed by atoms with van der Waals surface area (Å²) in [7, 11) is 0. The molecule has 0 radical (unpaired) electrons. The lowest BCUT2D eigenvalue weighted by Gasteiger charge is -2.26. The molecule has 0 aliphatic carbocycles. The van der Waals surface area contributed by atoms with Gasteiger partial charge in [-0.3, -0.25) is 4.57 Å². The summed E-state index contributed by atoms with van der Waals surface area (Å²) in [4.78, 5) is 12.9. The number of hydrogen-bond acceptors (Lipinski definition) is 3. The molecule has 236 valence electrons. The molecule has 0 saturated carbocycles. The molecule has 4 nitrogen and oxygen atoms in total. The van der Waals surface area contributed by atoms with Crippen molar-refractivity contribution in [3.63, 3.8) is 0 Å². The molecule has 0 amide bonds. The Bertz CT molecular complexity index is 2550. The third-order valence-corrected chi connectivity index (χ3v) is 9.19. The predicted octanol–water partition coefficient (Wildman–Crippen LogP) is 12.0. The number of aromatic nitrogens is 3. The molecule has 0 N–H and O–H groups in total. The van der Waals surface area contributed by atoms with E-state index in [1.807, 2.05) is 24.3 Å². The number of anilines is 3. The van der Waals surface area contributed by atoms with Crippen molar-refractivity contribution in [1.82, 2.24) is 14.5 Å². The summed E-state index contributed by atoms with van der Waals surface area (Å²) in [6.45, 7) is 0. The van der Waals surface area contributed by atoms with Crippen LogP contribution in [0.3, 0.4) is 0 Å². The van der Waals surface area contributed by atoms with Gasteiger partial charge in [-0.1, -0.05) is 140 Å². The van der Waals surface area contributed by atoms with E-state index in [1.54, 1.807) is 0 Å². The summed E-state index contributed by atoms with van der Waals surface area (Å²) in [6, 6.07) is 67.8. The van der Waals surface area contributed by atoms with Crippen LogP contribution >= 0.6 is 0 Å². The Morgan fingerprint density at radius 2 is 0.900 bits per heavy atom. The second-order valence-corrected chi connectivity index (χ2v) is 12.3. The van der Waals surface area contributed by atoms with Gasteiger partial charge in [0.15, 0.2) is 5.82 Å². The van der Waals surface area contributed by atoms with E-state index in [2.05, 4.69) is 179 Å². The van der Waals surface area contributed by atoms with Crippen LogP contribution in [-0.2, 0) is 0 Å². The van der Waals surface area contributed by atoms with Crippen LogP contribution in [0.15, 0.2) is 194 Å². The zero-order valence-electron chi connectivity index (χ0n) is 27.3. The van der Waals surface area contributed by atoms with Crippen molar-refractivity contribution in [3.05, 3.63) is 194 Å². The molecular weight excluding hydrogens is 609 g/mol. The van der Waals surface area contributed by atoms with Crippen LogP contribution in [0, 0.1) is 0 Å². The molecule has 0 aliphatic rings. The smallest absolute Gasteiger partial charge is 0.162 e. The highest BCUT2D eigenvalue weighted by Crippen LogP contribution is 2.42. The van der Waals surface area contributed by atoms with Crippen LogP contribution in [0.2, 0.25) is 0 Å². The molecule has 50 heavy (non-hydrogen) atoms. The standard InChI is InChI=1S/C46H32N4/c1-6-16-33(17-7-1)34-26-28-39(29-27-34)49(37-22-12-4-13-23-37)40-30-31-42-41(32-40)43-44(35-18-8-2-9-19-35)47-45(36-20-10-3-11-21-36)48-46(43)50(42)38-24-14-5-15-25-38/h1-32H. The molecule has 7 aromatic carbocycles. The summed E-state index contributed by atoms with van der Waals surface area (Å²) in [5.41, 5.74) is 11.5. The molecule has 2 aromatic heterocycles. The molecular formula is C46H32N4. The summed E-state index contributed by atoms with van der Waals surface area (Å²) >= 11 is 0. The SMILES string of the molecule is c1ccc(-c2ccc(N(c3ccccc3)c3ccc4c(c3)c3c(-c5ccccc5)nc(-c5ccccc5)nc3n4-c3ccccc3)cc2)cc1. The van der Waals surface area contributed by atoms with Gasteiger partial charge in [0.25, 0.3) is 0 Å². The maximum Gasteiger partial charge on any atom is 0.162 e. The molecule has 0 bridgehead atoms. The molecule has 9 rings (SSSR count). The molecule has 4 heteroatoms. The second-order valence-electron chi connectivity index (χ2n) is 12.3. The van der Waals surface area contributed by atoms with Gasteiger partial charge < -0.3 is 4.90 Å². The van der Waals surface area contributed by atoms with E-state index < -0.39 is 0 Å². The van der Waals surface area contributed by atoms with Crippen molar-refractivity contribution in [3.8, 4) is 39.5 Å². The van der Waals surface area contributed by atoms with Crippen LogP contribution in [0.25, 0.3) is 61.4 Å². The largest absolute Gasteiger partial charge is 0.310 e. The minimum Gasteiger partial charge on any atom is -0.310 e. The van der Waals surface area contributed by atoms with Gasteiger partial charge in [-0.15, -0.1) is 0 Å². The van der Waals surface area contributed by atoms with Crippen LogP contribution in [0.1, 0.15) is 0 Å². The maximum atomic E-state index is 5.31. The predicted molar refractivity (Wildman–Crippen MR) is 207 cm³/mol. The molecule has 0 fully saturated rings. The fraction of sp³-hybridized carbons (Fsp3) is 0. The summed E-state index contributed by atoms with van der Waals surface area (Å²) < 4.78 is 2.27. The van der Waals surface area contributed by atoms with E-state index in [-0.39, 0.29) is 0 Å². The van der Waals surface area contributed by atoms with Gasteiger partial charge in [0.1, 0.15) is 5.65 Å². The number of fused-ring (bicyclic) bond motifs is 3. The van der Waals surface area contributed by atoms with Gasteiger partial charge in [-0.25, -0.2) is 9.97 Å². The van der Waals surface area contributed by atoms with Gasteiger partial charge in [-0.05, 0) is 65.7 Å². The van der Waals surface area contributed by atoms with E-state index >= 15 is 0 Å². The Kier molecular flexibility index (Phi) is 7.45. The third kappa shape index (κ3) is 5.29. The topological polar surface area (TPSA) is 34.0 Å². The average molecular weight is 641 g/mol. The first kappa shape index (κ1) is 29.4. The molecule has 0 aliphatic heterocycles. The molecule has 0 unspecified atom stereocenters. The zero-order chi connectivity index (χ0) is 33.3. The Morgan fingerprint density at radius 3 is 1.54 bits per heavy atom. The van der Waals surface area contributed by atoms with Crippen LogP contribution in [0.4, 0.5) is 17.1 Å². The fourth-order valence-electron chi connectivity index (χ4n) is 6.85. The highest BCUT2D eigenvalue weighted by Gasteiger charge is 2.23. The first-order valence-electron chi connectivity index (χ1n) is 16.8. The number of para-hydroxylation sites is 2. The number of nitrogens with zero attached hydrogens (tertiary/aromatic N) is 4. The lowest BCUT2D eigenvalue weighted by Crippen LogP contribution is -2.09. The van der Waals surface area contributed by atoms with Crippen molar-refractivity contribution < 1.29 is 0 Å². The second kappa shape index (κ2) is 12.7. The van der Waals surface area contributed by atoms with Crippen LogP contribution < -0.4 is 4.90 Å². The lowest BCUT2D eigenvalue weighted by atomic mass is 10.0. The van der Waals surface area contributed by atoms with Crippen LogP contribution in [-0.4, -0.2) is 14.5 Å². The van der Waals surface area contributed by atoms with Crippen molar-refractivity contribution >= 4 is 39.0 Å². The Balaban J connectivity index is 1.32. The highest BCUT2D eigenvalue weighted by molar-refractivity contribution is 6.15. The van der Waals surface area contributed by atoms with Gasteiger partial charge in [-0.2, -0.15) is 0 Å². The van der Waals surface area contributed by atoms with Gasteiger partial charge >= 0.3 is 0 Å².